The Morgan fingerprint density at radius 3 is 2.81 bits per heavy atom. The average molecular weight is 433 g/mol. The van der Waals surface area contributed by atoms with Crippen molar-refractivity contribution >= 4 is 38.8 Å². The highest BCUT2D eigenvalue weighted by atomic mass is 79.9. The molecule has 1 heterocycles. The molecule has 1 atom stereocenters. The third-order valence-corrected chi connectivity index (χ3v) is 4.70. The molecule has 0 saturated heterocycles. The van der Waals surface area contributed by atoms with Gasteiger partial charge in [0.05, 0.1) is 22.6 Å². The first kappa shape index (κ1) is 19.0. The second-order valence-corrected chi connectivity index (χ2v) is 6.91. The van der Waals surface area contributed by atoms with E-state index < -0.39 is 11.7 Å². The maximum absolute atomic E-state index is 13.3. The van der Waals surface area contributed by atoms with Gasteiger partial charge in [-0.1, -0.05) is 12.1 Å². The fraction of sp³-hybridized carbons (Fsp3) is 0.211. The number of para-hydroxylation sites is 2. The number of aromatic nitrogens is 2. The average Bonchev–Trinajstić information content (AvgIpc) is 3.08. The van der Waals surface area contributed by atoms with E-state index in [1.807, 2.05) is 31.2 Å². The second kappa shape index (κ2) is 8.30. The van der Waals surface area contributed by atoms with Crippen LogP contribution in [0, 0.1) is 5.82 Å². The first-order valence-corrected chi connectivity index (χ1v) is 9.20. The summed E-state index contributed by atoms with van der Waals surface area (Å²) < 4.78 is 13.8. The number of carbonyl (C=O) groups is 2. The molecule has 3 N–H and O–H groups in total. The van der Waals surface area contributed by atoms with E-state index in [0.717, 1.165) is 17.1 Å². The lowest BCUT2D eigenvalue weighted by Gasteiger charge is -2.12. The molecule has 6 nitrogen and oxygen atoms in total. The van der Waals surface area contributed by atoms with E-state index in [4.69, 9.17) is 0 Å². The molecule has 0 unspecified atom stereocenters. The van der Waals surface area contributed by atoms with Gasteiger partial charge in [-0.15, -0.1) is 0 Å². The molecule has 0 fully saturated rings. The van der Waals surface area contributed by atoms with Crippen molar-refractivity contribution < 1.29 is 14.0 Å². The largest absolute Gasteiger partial charge is 0.351 e. The summed E-state index contributed by atoms with van der Waals surface area (Å²) in [4.78, 5) is 31.8. The van der Waals surface area contributed by atoms with Gasteiger partial charge in [-0.2, -0.15) is 0 Å². The number of carbonyl (C=O) groups excluding carboxylic acids is 2. The normalized spacial score (nSPS) is 12.0. The van der Waals surface area contributed by atoms with E-state index in [1.54, 1.807) is 0 Å². The molecule has 0 aliphatic carbocycles. The van der Waals surface area contributed by atoms with Crippen molar-refractivity contribution in [1.29, 1.82) is 0 Å². The monoisotopic (exact) mass is 432 g/mol. The quantitative estimate of drug-likeness (QED) is 0.557. The molecular formula is C19H18BrFN4O2. The van der Waals surface area contributed by atoms with Gasteiger partial charge in [-0.05, 0) is 53.2 Å². The Morgan fingerprint density at radius 2 is 2.04 bits per heavy atom. The number of hydrogen-bond donors (Lipinski definition) is 3. The standard InChI is InChI=1S/C19H18BrFN4O2/c1-11(18-24-15-4-2-3-5-16(15)25-18)23-17(26)8-9-22-19(27)13-10-12(21)6-7-14(13)20/h2-7,10-11H,8-9H2,1H3,(H,22,27)(H,23,26)(H,24,25)/t11-/m0/s1. The van der Waals surface area contributed by atoms with Crippen molar-refractivity contribution in [1.82, 2.24) is 20.6 Å². The summed E-state index contributed by atoms with van der Waals surface area (Å²) >= 11 is 3.21. The molecular weight excluding hydrogens is 415 g/mol. The first-order chi connectivity index (χ1) is 12.9. The van der Waals surface area contributed by atoms with Crippen LogP contribution in [0.2, 0.25) is 0 Å². The number of H-pyrrole nitrogens is 1. The van der Waals surface area contributed by atoms with E-state index in [9.17, 15) is 14.0 Å². The Labute approximate surface area is 163 Å². The number of halogens is 2. The zero-order valence-corrected chi connectivity index (χ0v) is 16.1. The summed E-state index contributed by atoms with van der Waals surface area (Å²) in [6.07, 6.45) is 0.100. The Balaban J connectivity index is 1.50. The van der Waals surface area contributed by atoms with Crippen LogP contribution in [-0.4, -0.2) is 28.3 Å². The van der Waals surface area contributed by atoms with Gasteiger partial charge >= 0.3 is 0 Å². The zero-order valence-electron chi connectivity index (χ0n) is 14.6. The third-order valence-electron chi connectivity index (χ3n) is 4.01. The highest BCUT2D eigenvalue weighted by Crippen LogP contribution is 2.18. The minimum absolute atomic E-state index is 0.100. The number of benzene rings is 2. The molecule has 3 aromatic rings. The summed E-state index contributed by atoms with van der Waals surface area (Å²) in [7, 11) is 0. The molecule has 0 bridgehead atoms. The fourth-order valence-corrected chi connectivity index (χ4v) is 3.04. The van der Waals surface area contributed by atoms with E-state index in [2.05, 4.69) is 36.5 Å². The number of aromatic amines is 1. The van der Waals surface area contributed by atoms with Crippen LogP contribution in [0.1, 0.15) is 35.6 Å². The van der Waals surface area contributed by atoms with E-state index in [-0.39, 0.29) is 30.5 Å². The molecule has 0 saturated carbocycles. The molecule has 140 valence electrons. The maximum Gasteiger partial charge on any atom is 0.252 e. The maximum atomic E-state index is 13.3. The van der Waals surface area contributed by atoms with Gasteiger partial charge in [0.1, 0.15) is 11.6 Å². The summed E-state index contributed by atoms with van der Waals surface area (Å²) in [6, 6.07) is 11.2. The molecule has 2 amide bonds. The van der Waals surface area contributed by atoms with Gasteiger partial charge < -0.3 is 15.6 Å². The van der Waals surface area contributed by atoms with Crippen LogP contribution < -0.4 is 10.6 Å². The predicted molar refractivity (Wildman–Crippen MR) is 104 cm³/mol. The number of amides is 2. The summed E-state index contributed by atoms with van der Waals surface area (Å²) in [5, 5.41) is 5.45. The van der Waals surface area contributed by atoms with Crippen molar-refractivity contribution in [3.8, 4) is 0 Å². The lowest BCUT2D eigenvalue weighted by Crippen LogP contribution is -2.32. The zero-order chi connectivity index (χ0) is 19.4. The van der Waals surface area contributed by atoms with Crippen LogP contribution in [0.3, 0.4) is 0 Å². The molecule has 1 aromatic heterocycles. The van der Waals surface area contributed by atoms with Crippen molar-refractivity contribution in [2.24, 2.45) is 0 Å². The van der Waals surface area contributed by atoms with E-state index >= 15 is 0 Å². The third kappa shape index (κ3) is 4.71. The van der Waals surface area contributed by atoms with Crippen molar-refractivity contribution in [2.75, 3.05) is 6.54 Å². The molecule has 27 heavy (non-hydrogen) atoms. The molecule has 3 rings (SSSR count). The lowest BCUT2D eigenvalue weighted by atomic mass is 10.2. The van der Waals surface area contributed by atoms with Gasteiger partial charge in [0, 0.05) is 17.4 Å². The number of imidazole rings is 1. The van der Waals surface area contributed by atoms with Crippen LogP contribution in [0.4, 0.5) is 4.39 Å². The van der Waals surface area contributed by atoms with Crippen molar-refractivity contribution in [2.45, 2.75) is 19.4 Å². The van der Waals surface area contributed by atoms with Crippen LogP contribution >= 0.6 is 15.9 Å². The SMILES string of the molecule is C[C@H](NC(=O)CCNC(=O)c1cc(F)ccc1Br)c1nc2ccccc2[nH]1. The number of nitrogens with zero attached hydrogens (tertiary/aromatic N) is 1. The minimum atomic E-state index is -0.499. The molecule has 0 aliphatic heterocycles. The van der Waals surface area contributed by atoms with Gasteiger partial charge in [0.15, 0.2) is 0 Å². The Bertz CT molecular complexity index is 956. The molecule has 0 radical (unpaired) electrons. The topological polar surface area (TPSA) is 86.9 Å². The van der Waals surface area contributed by atoms with Crippen LogP contribution in [-0.2, 0) is 4.79 Å². The Morgan fingerprint density at radius 1 is 1.26 bits per heavy atom. The van der Waals surface area contributed by atoms with Crippen molar-refractivity contribution in [3.05, 3.63) is 64.1 Å². The van der Waals surface area contributed by atoms with Gasteiger partial charge in [0.25, 0.3) is 5.91 Å². The number of hydrogen-bond acceptors (Lipinski definition) is 3. The van der Waals surface area contributed by atoms with Crippen LogP contribution in [0.15, 0.2) is 46.9 Å². The van der Waals surface area contributed by atoms with E-state index in [0.29, 0.717) is 10.3 Å². The highest BCUT2D eigenvalue weighted by Gasteiger charge is 2.15. The second-order valence-electron chi connectivity index (χ2n) is 6.06. The number of rotatable bonds is 6. The Kier molecular flexibility index (Phi) is 5.85. The number of fused-ring (bicyclic) bond motifs is 1. The van der Waals surface area contributed by atoms with Crippen LogP contribution in [0.25, 0.3) is 11.0 Å². The Hall–Kier alpha value is -2.74. The smallest absolute Gasteiger partial charge is 0.252 e. The summed E-state index contributed by atoms with van der Waals surface area (Å²) in [5.74, 6) is -0.501. The van der Waals surface area contributed by atoms with Gasteiger partial charge in [-0.3, -0.25) is 9.59 Å². The highest BCUT2D eigenvalue weighted by molar-refractivity contribution is 9.10. The van der Waals surface area contributed by atoms with Gasteiger partial charge in [0.2, 0.25) is 5.91 Å². The lowest BCUT2D eigenvalue weighted by molar-refractivity contribution is -0.121. The molecule has 2 aromatic carbocycles. The summed E-state index contributed by atoms with van der Waals surface area (Å²) in [5.41, 5.74) is 1.93. The molecule has 8 heteroatoms. The van der Waals surface area contributed by atoms with Crippen molar-refractivity contribution in [3.63, 3.8) is 0 Å². The molecule has 0 aliphatic rings. The van der Waals surface area contributed by atoms with E-state index in [1.165, 1.54) is 12.1 Å². The molecule has 0 spiro atoms. The fourth-order valence-electron chi connectivity index (χ4n) is 2.62. The van der Waals surface area contributed by atoms with Gasteiger partial charge in [-0.25, -0.2) is 9.37 Å². The van der Waals surface area contributed by atoms with Crippen LogP contribution in [0.5, 0.6) is 0 Å². The predicted octanol–water partition coefficient (Wildman–Crippen LogP) is 3.46. The first-order valence-electron chi connectivity index (χ1n) is 8.41. The number of nitrogens with one attached hydrogen (secondary N) is 3. The minimum Gasteiger partial charge on any atom is -0.351 e. The summed E-state index contributed by atoms with van der Waals surface area (Å²) in [6.45, 7) is 1.97.